The van der Waals surface area contributed by atoms with Crippen LogP contribution in [-0.4, -0.2) is 36.0 Å². The SMILES string of the molecule is CC(=O)N1CCN(c2cccc(C)c2)C2(CC2)C1. The van der Waals surface area contributed by atoms with Crippen molar-refractivity contribution in [2.24, 2.45) is 0 Å². The molecule has 0 aromatic heterocycles. The molecule has 1 amide bonds. The number of rotatable bonds is 1. The standard InChI is InChI=1S/C15H20N2O/c1-12-4-3-5-14(10-12)17-9-8-16(13(2)18)11-15(17)6-7-15/h3-5,10H,6-9,11H2,1-2H3. The van der Waals surface area contributed by atoms with Crippen LogP contribution >= 0.6 is 0 Å². The lowest BCUT2D eigenvalue weighted by atomic mass is 10.1. The smallest absolute Gasteiger partial charge is 0.219 e. The molecule has 1 aliphatic heterocycles. The van der Waals surface area contributed by atoms with E-state index >= 15 is 0 Å². The molecule has 3 nitrogen and oxygen atoms in total. The van der Waals surface area contributed by atoms with Gasteiger partial charge in [-0.1, -0.05) is 12.1 Å². The van der Waals surface area contributed by atoms with Crippen LogP contribution in [0.25, 0.3) is 0 Å². The van der Waals surface area contributed by atoms with Gasteiger partial charge in [0.15, 0.2) is 0 Å². The number of hydrogen-bond donors (Lipinski definition) is 0. The van der Waals surface area contributed by atoms with Crippen LogP contribution in [0.3, 0.4) is 0 Å². The summed E-state index contributed by atoms with van der Waals surface area (Å²) < 4.78 is 0. The van der Waals surface area contributed by atoms with E-state index in [4.69, 9.17) is 0 Å². The Balaban J connectivity index is 1.85. The average Bonchev–Trinajstić information content (AvgIpc) is 3.09. The number of hydrogen-bond acceptors (Lipinski definition) is 2. The lowest BCUT2D eigenvalue weighted by Gasteiger charge is -2.43. The number of nitrogens with zero attached hydrogens (tertiary/aromatic N) is 2. The highest BCUT2D eigenvalue weighted by molar-refractivity contribution is 5.74. The fourth-order valence-electron chi connectivity index (χ4n) is 3.02. The molecule has 0 atom stereocenters. The highest BCUT2D eigenvalue weighted by atomic mass is 16.2. The first-order valence-electron chi connectivity index (χ1n) is 6.71. The van der Waals surface area contributed by atoms with Gasteiger partial charge in [0, 0.05) is 32.2 Å². The monoisotopic (exact) mass is 244 g/mol. The average molecular weight is 244 g/mol. The van der Waals surface area contributed by atoms with Gasteiger partial charge in [0.1, 0.15) is 0 Å². The van der Waals surface area contributed by atoms with Crippen molar-refractivity contribution in [2.45, 2.75) is 32.2 Å². The molecule has 0 radical (unpaired) electrons. The number of anilines is 1. The summed E-state index contributed by atoms with van der Waals surface area (Å²) in [5.74, 6) is 0.213. The van der Waals surface area contributed by atoms with Crippen LogP contribution in [0.2, 0.25) is 0 Å². The van der Waals surface area contributed by atoms with Crippen LogP contribution in [-0.2, 0) is 4.79 Å². The van der Waals surface area contributed by atoms with E-state index in [2.05, 4.69) is 36.1 Å². The third-order valence-electron chi connectivity index (χ3n) is 4.24. The minimum atomic E-state index is 0.213. The summed E-state index contributed by atoms with van der Waals surface area (Å²) in [4.78, 5) is 16.0. The highest BCUT2D eigenvalue weighted by Gasteiger charge is 2.51. The fourth-order valence-corrected chi connectivity index (χ4v) is 3.02. The summed E-state index contributed by atoms with van der Waals surface area (Å²) in [5, 5.41) is 0. The summed E-state index contributed by atoms with van der Waals surface area (Å²) in [6.07, 6.45) is 2.43. The summed E-state index contributed by atoms with van der Waals surface area (Å²) in [6, 6.07) is 8.70. The molecule has 1 spiro atoms. The van der Waals surface area contributed by atoms with Gasteiger partial charge < -0.3 is 9.80 Å². The molecular formula is C15H20N2O. The van der Waals surface area contributed by atoms with E-state index in [0.29, 0.717) is 0 Å². The molecular weight excluding hydrogens is 224 g/mol. The zero-order valence-corrected chi connectivity index (χ0v) is 11.1. The summed E-state index contributed by atoms with van der Waals surface area (Å²) in [6.45, 7) is 6.53. The highest BCUT2D eigenvalue weighted by Crippen LogP contribution is 2.46. The van der Waals surface area contributed by atoms with Crippen molar-refractivity contribution in [1.82, 2.24) is 4.90 Å². The lowest BCUT2D eigenvalue weighted by Crippen LogP contribution is -2.56. The third-order valence-corrected chi connectivity index (χ3v) is 4.24. The Labute approximate surface area is 108 Å². The maximum atomic E-state index is 11.5. The van der Waals surface area contributed by atoms with E-state index in [1.54, 1.807) is 6.92 Å². The van der Waals surface area contributed by atoms with Gasteiger partial charge in [-0.05, 0) is 37.5 Å². The quantitative estimate of drug-likeness (QED) is 0.756. The van der Waals surface area contributed by atoms with E-state index in [9.17, 15) is 4.79 Å². The van der Waals surface area contributed by atoms with Crippen molar-refractivity contribution >= 4 is 11.6 Å². The molecule has 1 aromatic rings. The number of carbonyl (C=O) groups excluding carboxylic acids is 1. The van der Waals surface area contributed by atoms with Crippen LogP contribution in [0.5, 0.6) is 0 Å². The Morgan fingerprint density at radius 1 is 1.28 bits per heavy atom. The summed E-state index contributed by atoms with van der Waals surface area (Å²) in [7, 11) is 0. The molecule has 1 saturated carbocycles. The zero-order valence-electron chi connectivity index (χ0n) is 11.1. The fraction of sp³-hybridized carbons (Fsp3) is 0.533. The topological polar surface area (TPSA) is 23.6 Å². The molecule has 3 heteroatoms. The first-order chi connectivity index (χ1) is 8.61. The Kier molecular flexibility index (Phi) is 2.58. The molecule has 3 rings (SSSR count). The molecule has 0 bridgehead atoms. The van der Waals surface area contributed by atoms with Gasteiger partial charge in [-0.3, -0.25) is 4.79 Å². The van der Waals surface area contributed by atoms with Crippen LogP contribution < -0.4 is 4.90 Å². The second-order valence-electron chi connectivity index (χ2n) is 5.66. The summed E-state index contributed by atoms with van der Waals surface area (Å²) >= 11 is 0. The third kappa shape index (κ3) is 1.88. The molecule has 0 N–H and O–H groups in total. The van der Waals surface area contributed by atoms with E-state index in [-0.39, 0.29) is 11.4 Å². The first kappa shape index (κ1) is 11.6. The summed E-state index contributed by atoms with van der Waals surface area (Å²) in [5.41, 5.74) is 2.85. The Hall–Kier alpha value is -1.51. The van der Waals surface area contributed by atoms with Gasteiger partial charge >= 0.3 is 0 Å². The molecule has 1 aromatic carbocycles. The minimum Gasteiger partial charge on any atom is -0.362 e. The van der Waals surface area contributed by atoms with Gasteiger partial charge in [0.25, 0.3) is 0 Å². The predicted molar refractivity (Wildman–Crippen MR) is 72.7 cm³/mol. The molecule has 2 fully saturated rings. The van der Waals surface area contributed by atoms with Crippen LogP contribution in [0, 0.1) is 6.92 Å². The van der Waals surface area contributed by atoms with E-state index in [0.717, 1.165) is 19.6 Å². The molecule has 2 aliphatic rings. The number of piperazine rings is 1. The molecule has 0 unspecified atom stereocenters. The van der Waals surface area contributed by atoms with Crippen molar-refractivity contribution in [3.05, 3.63) is 29.8 Å². The van der Waals surface area contributed by atoms with Crippen molar-refractivity contribution in [3.8, 4) is 0 Å². The van der Waals surface area contributed by atoms with Gasteiger partial charge in [0.2, 0.25) is 5.91 Å². The Bertz CT molecular complexity index is 479. The Morgan fingerprint density at radius 3 is 2.67 bits per heavy atom. The molecule has 1 heterocycles. The van der Waals surface area contributed by atoms with Gasteiger partial charge in [0.05, 0.1) is 5.54 Å². The Morgan fingerprint density at radius 2 is 2.06 bits per heavy atom. The van der Waals surface area contributed by atoms with E-state index in [1.165, 1.54) is 24.1 Å². The maximum Gasteiger partial charge on any atom is 0.219 e. The number of amides is 1. The van der Waals surface area contributed by atoms with Crippen molar-refractivity contribution in [2.75, 3.05) is 24.5 Å². The molecule has 1 saturated heterocycles. The van der Waals surface area contributed by atoms with Gasteiger partial charge in [-0.25, -0.2) is 0 Å². The van der Waals surface area contributed by atoms with Crippen molar-refractivity contribution in [3.63, 3.8) is 0 Å². The molecule has 96 valence electrons. The largest absolute Gasteiger partial charge is 0.362 e. The van der Waals surface area contributed by atoms with E-state index < -0.39 is 0 Å². The maximum absolute atomic E-state index is 11.5. The van der Waals surface area contributed by atoms with E-state index in [1.807, 2.05) is 4.90 Å². The van der Waals surface area contributed by atoms with Crippen LogP contribution in [0.15, 0.2) is 24.3 Å². The first-order valence-corrected chi connectivity index (χ1v) is 6.71. The minimum absolute atomic E-state index is 0.213. The van der Waals surface area contributed by atoms with Crippen LogP contribution in [0.4, 0.5) is 5.69 Å². The number of benzene rings is 1. The molecule has 1 aliphatic carbocycles. The second kappa shape index (κ2) is 4.01. The molecule has 18 heavy (non-hydrogen) atoms. The number of aryl methyl sites for hydroxylation is 1. The predicted octanol–water partition coefficient (Wildman–Crippen LogP) is 2.20. The second-order valence-corrected chi connectivity index (χ2v) is 5.66. The van der Waals surface area contributed by atoms with Gasteiger partial charge in [-0.15, -0.1) is 0 Å². The van der Waals surface area contributed by atoms with Crippen molar-refractivity contribution < 1.29 is 4.79 Å². The van der Waals surface area contributed by atoms with Gasteiger partial charge in [-0.2, -0.15) is 0 Å². The van der Waals surface area contributed by atoms with Crippen molar-refractivity contribution in [1.29, 1.82) is 0 Å². The normalized spacial score (nSPS) is 21.2. The zero-order chi connectivity index (χ0) is 12.8. The number of carbonyl (C=O) groups is 1. The lowest BCUT2D eigenvalue weighted by molar-refractivity contribution is -0.129. The van der Waals surface area contributed by atoms with Crippen LogP contribution in [0.1, 0.15) is 25.3 Å².